The highest BCUT2D eigenvalue weighted by Gasteiger charge is 2.30. The van der Waals surface area contributed by atoms with Crippen molar-refractivity contribution in [3.63, 3.8) is 0 Å². The number of hydrogen-bond donors (Lipinski definition) is 2. The van der Waals surface area contributed by atoms with Crippen LogP contribution in [-0.2, 0) is 22.5 Å². The molecule has 6 nitrogen and oxygen atoms in total. The number of carbonyl (C=O) groups excluding carboxylic acids is 1. The highest BCUT2D eigenvalue weighted by molar-refractivity contribution is 6.30. The molecule has 4 rings (SSSR count). The first kappa shape index (κ1) is 15.6. The molecule has 1 atom stereocenters. The molecule has 0 aliphatic carbocycles. The van der Waals surface area contributed by atoms with Gasteiger partial charge in [-0.1, -0.05) is 11.6 Å². The lowest BCUT2D eigenvalue weighted by Crippen LogP contribution is -2.50. The number of amides is 1. The molecule has 7 heteroatoms. The van der Waals surface area contributed by atoms with Gasteiger partial charge in [0, 0.05) is 36.6 Å². The Bertz CT molecular complexity index is 738. The van der Waals surface area contributed by atoms with E-state index in [9.17, 15) is 4.79 Å². The summed E-state index contributed by atoms with van der Waals surface area (Å²) in [6, 6.07) is 7.58. The number of rotatable bonds is 2. The molecule has 0 saturated carbocycles. The summed E-state index contributed by atoms with van der Waals surface area (Å²) in [5.41, 5.74) is 3.03. The molecule has 0 spiro atoms. The fraction of sp³-hybridized carbons (Fsp3) is 0.412. The van der Waals surface area contributed by atoms with Gasteiger partial charge in [-0.25, -0.2) is 4.98 Å². The van der Waals surface area contributed by atoms with E-state index in [4.69, 9.17) is 16.3 Å². The Morgan fingerprint density at radius 3 is 2.92 bits per heavy atom. The van der Waals surface area contributed by atoms with E-state index in [1.54, 1.807) is 0 Å². The maximum Gasteiger partial charge on any atom is 0.253 e. The topological polar surface area (TPSA) is 70.2 Å². The molecule has 2 aliphatic rings. The third-order valence-electron chi connectivity index (χ3n) is 4.46. The van der Waals surface area contributed by atoms with Crippen molar-refractivity contribution >= 4 is 17.5 Å². The Hall–Kier alpha value is -1.89. The number of benzene rings is 1. The monoisotopic (exact) mass is 346 g/mol. The quantitative estimate of drug-likeness (QED) is 0.866. The van der Waals surface area contributed by atoms with Gasteiger partial charge in [0.1, 0.15) is 11.9 Å². The van der Waals surface area contributed by atoms with Crippen LogP contribution in [0.5, 0.6) is 0 Å². The first-order chi connectivity index (χ1) is 11.7. The molecule has 0 radical (unpaired) electrons. The highest BCUT2D eigenvalue weighted by Crippen LogP contribution is 2.24. The van der Waals surface area contributed by atoms with Gasteiger partial charge in [0.25, 0.3) is 5.91 Å². The van der Waals surface area contributed by atoms with Crippen molar-refractivity contribution in [2.45, 2.75) is 19.1 Å². The van der Waals surface area contributed by atoms with E-state index in [1.807, 2.05) is 29.2 Å². The smallest absolute Gasteiger partial charge is 0.253 e. The largest absolute Gasteiger partial charge is 0.366 e. The molecule has 1 amide bonds. The number of H-pyrrole nitrogens is 1. The van der Waals surface area contributed by atoms with Crippen molar-refractivity contribution in [3.8, 4) is 11.4 Å². The number of carbonyl (C=O) groups is 1. The number of hydrogen-bond acceptors (Lipinski definition) is 4. The van der Waals surface area contributed by atoms with Crippen molar-refractivity contribution in [1.29, 1.82) is 0 Å². The first-order valence-electron chi connectivity index (χ1n) is 8.15. The van der Waals surface area contributed by atoms with Gasteiger partial charge >= 0.3 is 0 Å². The molecule has 1 saturated heterocycles. The number of aromatic amines is 1. The van der Waals surface area contributed by atoms with Gasteiger partial charge in [-0.05, 0) is 24.3 Å². The van der Waals surface area contributed by atoms with Crippen molar-refractivity contribution in [1.82, 2.24) is 20.2 Å². The second-order valence-corrected chi connectivity index (χ2v) is 6.53. The predicted octanol–water partition coefficient (Wildman–Crippen LogP) is 1.60. The van der Waals surface area contributed by atoms with E-state index >= 15 is 0 Å². The first-order valence-corrected chi connectivity index (χ1v) is 8.53. The summed E-state index contributed by atoms with van der Waals surface area (Å²) in [5, 5.41) is 3.90. The van der Waals surface area contributed by atoms with E-state index < -0.39 is 0 Å². The van der Waals surface area contributed by atoms with Crippen LogP contribution in [0.3, 0.4) is 0 Å². The fourth-order valence-corrected chi connectivity index (χ4v) is 3.28. The molecule has 3 heterocycles. The van der Waals surface area contributed by atoms with Gasteiger partial charge in [-0.2, -0.15) is 0 Å². The molecule has 1 fully saturated rings. The zero-order valence-corrected chi connectivity index (χ0v) is 14.0. The zero-order chi connectivity index (χ0) is 16.5. The van der Waals surface area contributed by atoms with Crippen LogP contribution < -0.4 is 5.32 Å². The summed E-state index contributed by atoms with van der Waals surface area (Å²) in [4.78, 5) is 22.5. The fourth-order valence-electron chi connectivity index (χ4n) is 3.15. The molecule has 2 aromatic rings. The number of fused-ring (bicyclic) bond motifs is 1. The van der Waals surface area contributed by atoms with Crippen LogP contribution in [0.15, 0.2) is 24.3 Å². The molecular weight excluding hydrogens is 328 g/mol. The summed E-state index contributed by atoms with van der Waals surface area (Å²) in [7, 11) is 0. The van der Waals surface area contributed by atoms with Crippen LogP contribution in [0.2, 0.25) is 5.02 Å². The molecule has 24 heavy (non-hydrogen) atoms. The van der Waals surface area contributed by atoms with Crippen molar-refractivity contribution in [2.75, 3.05) is 26.2 Å². The van der Waals surface area contributed by atoms with Crippen LogP contribution in [0.4, 0.5) is 0 Å². The number of imidazole rings is 1. The number of ether oxygens (including phenoxy) is 1. The maximum atomic E-state index is 12.6. The van der Waals surface area contributed by atoms with E-state index in [1.165, 1.54) is 0 Å². The number of halogens is 1. The van der Waals surface area contributed by atoms with Gasteiger partial charge < -0.3 is 19.9 Å². The summed E-state index contributed by atoms with van der Waals surface area (Å²) < 4.78 is 5.57. The Morgan fingerprint density at radius 2 is 2.17 bits per heavy atom. The standard InChI is InChI=1S/C17H19ClN4O2/c18-12-3-1-11(2-4-12)16-20-13-5-7-22(10-14(13)21-16)17(23)15-9-19-6-8-24-15/h1-4,15,19H,5-10H2,(H,20,21). The van der Waals surface area contributed by atoms with Gasteiger partial charge in [-0.3, -0.25) is 4.79 Å². The minimum Gasteiger partial charge on any atom is -0.366 e. The van der Waals surface area contributed by atoms with Crippen LogP contribution in [0.25, 0.3) is 11.4 Å². The lowest BCUT2D eigenvalue weighted by atomic mass is 10.1. The van der Waals surface area contributed by atoms with Crippen LogP contribution in [0.1, 0.15) is 11.4 Å². The van der Waals surface area contributed by atoms with E-state index in [-0.39, 0.29) is 12.0 Å². The Labute approximate surface area is 145 Å². The molecular formula is C17H19ClN4O2. The third kappa shape index (κ3) is 3.05. The maximum absolute atomic E-state index is 12.6. The van der Waals surface area contributed by atoms with Crippen LogP contribution >= 0.6 is 11.6 Å². The highest BCUT2D eigenvalue weighted by atomic mass is 35.5. The van der Waals surface area contributed by atoms with Crippen molar-refractivity contribution in [3.05, 3.63) is 40.7 Å². The Balaban J connectivity index is 1.50. The minimum atomic E-state index is -0.376. The molecule has 1 aromatic carbocycles. The van der Waals surface area contributed by atoms with Crippen molar-refractivity contribution in [2.24, 2.45) is 0 Å². The molecule has 1 unspecified atom stereocenters. The minimum absolute atomic E-state index is 0.0514. The van der Waals surface area contributed by atoms with Gasteiger partial charge in [0.2, 0.25) is 0 Å². The molecule has 126 valence electrons. The summed E-state index contributed by atoms with van der Waals surface area (Å²) in [6.07, 6.45) is 0.379. The predicted molar refractivity (Wildman–Crippen MR) is 90.8 cm³/mol. The zero-order valence-electron chi connectivity index (χ0n) is 13.2. The normalized spacial score (nSPS) is 20.7. The number of nitrogens with zero attached hydrogens (tertiary/aromatic N) is 2. The average molecular weight is 347 g/mol. The van der Waals surface area contributed by atoms with Crippen molar-refractivity contribution < 1.29 is 9.53 Å². The molecule has 0 bridgehead atoms. The summed E-state index contributed by atoms with van der Waals surface area (Å²) in [6.45, 7) is 3.20. The van der Waals surface area contributed by atoms with Gasteiger partial charge in [0.05, 0.1) is 24.5 Å². The van der Waals surface area contributed by atoms with E-state index in [0.717, 1.165) is 35.7 Å². The summed E-state index contributed by atoms with van der Waals surface area (Å²) >= 11 is 5.94. The molecule has 2 aliphatic heterocycles. The number of nitrogens with one attached hydrogen (secondary N) is 2. The van der Waals surface area contributed by atoms with Crippen LogP contribution in [-0.4, -0.2) is 53.1 Å². The average Bonchev–Trinajstić information content (AvgIpc) is 3.05. The lowest BCUT2D eigenvalue weighted by Gasteiger charge is -2.31. The van der Waals surface area contributed by atoms with Gasteiger partial charge in [0.15, 0.2) is 0 Å². The summed E-state index contributed by atoms with van der Waals surface area (Å²) in [5.74, 6) is 0.872. The second kappa shape index (κ2) is 6.55. The number of morpholine rings is 1. The molecule has 2 N–H and O–H groups in total. The lowest BCUT2D eigenvalue weighted by molar-refractivity contribution is -0.146. The van der Waals surface area contributed by atoms with Gasteiger partial charge in [-0.15, -0.1) is 0 Å². The SMILES string of the molecule is O=C(C1CNCCO1)N1CCc2nc(-c3ccc(Cl)cc3)[nH]c2C1. The van der Waals surface area contributed by atoms with Crippen LogP contribution in [0, 0.1) is 0 Å². The number of aromatic nitrogens is 2. The second-order valence-electron chi connectivity index (χ2n) is 6.09. The van der Waals surface area contributed by atoms with E-state index in [2.05, 4.69) is 15.3 Å². The Morgan fingerprint density at radius 1 is 1.33 bits per heavy atom. The Kier molecular flexibility index (Phi) is 4.26. The molecule has 1 aromatic heterocycles. The third-order valence-corrected chi connectivity index (χ3v) is 4.72. The van der Waals surface area contributed by atoms with E-state index in [0.29, 0.717) is 31.3 Å².